The number of aromatic nitrogens is 3. The van der Waals surface area contributed by atoms with Crippen LogP contribution in [0.25, 0.3) is 11.1 Å². The maximum absolute atomic E-state index is 5.99. The molecule has 0 atom stereocenters. The summed E-state index contributed by atoms with van der Waals surface area (Å²) in [7, 11) is 0. The fraction of sp³-hybridized carbons (Fsp3) is 0.529. The first-order valence-corrected chi connectivity index (χ1v) is 8.06. The van der Waals surface area contributed by atoms with Crippen LogP contribution >= 0.6 is 0 Å². The summed E-state index contributed by atoms with van der Waals surface area (Å²) in [6, 6.07) is 3.96. The zero-order valence-electron chi connectivity index (χ0n) is 12.9. The number of nitrogens with two attached hydrogens (primary N) is 1. The number of nitrogens with one attached hydrogen (secondary N) is 1. The van der Waals surface area contributed by atoms with E-state index in [2.05, 4.69) is 22.1 Å². The van der Waals surface area contributed by atoms with Crippen LogP contribution in [0.1, 0.15) is 57.6 Å². The van der Waals surface area contributed by atoms with Gasteiger partial charge in [0.1, 0.15) is 0 Å². The molecule has 0 aliphatic carbocycles. The Bertz CT molecular complexity index is 519. The Morgan fingerprint density at radius 2 is 1.86 bits per heavy atom. The van der Waals surface area contributed by atoms with Crippen molar-refractivity contribution in [3.05, 3.63) is 30.2 Å². The van der Waals surface area contributed by atoms with E-state index in [1.54, 1.807) is 6.20 Å². The van der Waals surface area contributed by atoms with E-state index in [1.165, 1.54) is 44.9 Å². The van der Waals surface area contributed by atoms with E-state index in [0.29, 0.717) is 5.82 Å². The first kappa shape index (κ1) is 15.5. The minimum absolute atomic E-state index is 0.570. The molecule has 2 heterocycles. The van der Waals surface area contributed by atoms with Gasteiger partial charge in [-0.05, 0) is 18.9 Å². The fourth-order valence-corrected chi connectivity index (χ4v) is 2.67. The van der Waals surface area contributed by atoms with Gasteiger partial charge in [0.25, 0.3) is 0 Å². The van der Waals surface area contributed by atoms with Crippen molar-refractivity contribution >= 4 is 5.82 Å². The highest BCUT2D eigenvalue weighted by Crippen LogP contribution is 2.28. The van der Waals surface area contributed by atoms with Gasteiger partial charge in [0.15, 0.2) is 5.82 Å². The van der Waals surface area contributed by atoms with Gasteiger partial charge in [-0.25, -0.2) is 0 Å². The van der Waals surface area contributed by atoms with E-state index in [9.17, 15) is 0 Å². The van der Waals surface area contributed by atoms with Crippen LogP contribution in [-0.2, 0) is 6.42 Å². The van der Waals surface area contributed by atoms with Gasteiger partial charge < -0.3 is 5.73 Å². The number of nitrogen functional groups attached to an aromatic ring is 1. The summed E-state index contributed by atoms with van der Waals surface area (Å²) in [5, 5.41) is 7.24. The largest absolute Gasteiger partial charge is 0.382 e. The van der Waals surface area contributed by atoms with Gasteiger partial charge in [-0.2, -0.15) is 5.10 Å². The Balaban J connectivity index is 1.84. The van der Waals surface area contributed by atoms with Gasteiger partial charge in [0.2, 0.25) is 0 Å². The minimum atomic E-state index is 0.570. The molecule has 114 valence electrons. The molecule has 0 amide bonds. The van der Waals surface area contributed by atoms with Gasteiger partial charge in [-0.3, -0.25) is 10.1 Å². The number of pyridine rings is 1. The number of aryl methyl sites for hydroxylation is 1. The second kappa shape index (κ2) is 8.45. The number of unbranched alkanes of at least 4 members (excludes halogenated alkanes) is 6. The molecule has 3 N–H and O–H groups in total. The Morgan fingerprint density at radius 3 is 2.57 bits per heavy atom. The molecule has 0 fully saturated rings. The van der Waals surface area contributed by atoms with Crippen molar-refractivity contribution in [3.8, 4) is 11.1 Å². The molecule has 21 heavy (non-hydrogen) atoms. The van der Waals surface area contributed by atoms with Crippen LogP contribution in [0.5, 0.6) is 0 Å². The number of hydrogen-bond acceptors (Lipinski definition) is 3. The van der Waals surface area contributed by atoms with E-state index in [-0.39, 0.29) is 0 Å². The second-order valence-corrected chi connectivity index (χ2v) is 5.58. The SMILES string of the molecule is CCCCCCCCCc1[nH]nc(N)c1-c1cccnc1. The zero-order chi connectivity index (χ0) is 14.9. The van der Waals surface area contributed by atoms with Crippen LogP contribution in [0.4, 0.5) is 5.82 Å². The molecular formula is C17H26N4. The lowest BCUT2D eigenvalue weighted by molar-refractivity contribution is 0.587. The maximum atomic E-state index is 5.99. The third kappa shape index (κ3) is 4.59. The Kier molecular flexibility index (Phi) is 6.25. The first-order chi connectivity index (χ1) is 10.3. The van der Waals surface area contributed by atoms with Crippen LogP contribution in [0, 0.1) is 0 Å². The van der Waals surface area contributed by atoms with Gasteiger partial charge in [-0.1, -0.05) is 51.5 Å². The van der Waals surface area contributed by atoms with E-state index in [1.807, 2.05) is 18.3 Å². The summed E-state index contributed by atoms with van der Waals surface area (Å²) >= 11 is 0. The summed E-state index contributed by atoms with van der Waals surface area (Å²) in [6.07, 6.45) is 13.8. The molecule has 0 aliphatic rings. The first-order valence-electron chi connectivity index (χ1n) is 8.06. The van der Waals surface area contributed by atoms with Crippen molar-refractivity contribution in [1.82, 2.24) is 15.2 Å². The zero-order valence-corrected chi connectivity index (χ0v) is 12.9. The number of anilines is 1. The lowest BCUT2D eigenvalue weighted by Crippen LogP contribution is -1.92. The predicted octanol–water partition coefficient (Wildman–Crippen LogP) is 4.35. The predicted molar refractivity (Wildman–Crippen MR) is 87.9 cm³/mol. The minimum Gasteiger partial charge on any atom is -0.382 e. The van der Waals surface area contributed by atoms with E-state index >= 15 is 0 Å². The molecule has 0 aromatic carbocycles. The molecule has 0 radical (unpaired) electrons. The molecule has 4 heteroatoms. The third-order valence-electron chi connectivity index (χ3n) is 3.85. The number of aromatic amines is 1. The van der Waals surface area contributed by atoms with Crippen LogP contribution in [0.15, 0.2) is 24.5 Å². The summed E-state index contributed by atoms with van der Waals surface area (Å²) in [6.45, 7) is 2.25. The fourth-order valence-electron chi connectivity index (χ4n) is 2.67. The highest BCUT2D eigenvalue weighted by molar-refractivity contribution is 5.75. The summed E-state index contributed by atoms with van der Waals surface area (Å²) in [5.41, 5.74) is 9.19. The highest BCUT2D eigenvalue weighted by Gasteiger charge is 2.12. The maximum Gasteiger partial charge on any atom is 0.153 e. The molecule has 2 aromatic rings. The van der Waals surface area contributed by atoms with Crippen molar-refractivity contribution in [2.75, 3.05) is 5.73 Å². The average Bonchev–Trinajstić information content (AvgIpc) is 2.88. The molecule has 0 saturated carbocycles. The third-order valence-corrected chi connectivity index (χ3v) is 3.85. The molecule has 0 unspecified atom stereocenters. The second-order valence-electron chi connectivity index (χ2n) is 5.58. The van der Waals surface area contributed by atoms with Crippen molar-refractivity contribution in [2.24, 2.45) is 0 Å². The number of nitrogens with zero attached hydrogens (tertiary/aromatic N) is 2. The Morgan fingerprint density at radius 1 is 1.10 bits per heavy atom. The van der Waals surface area contributed by atoms with E-state index in [4.69, 9.17) is 5.73 Å². The van der Waals surface area contributed by atoms with E-state index < -0.39 is 0 Å². The molecule has 0 aliphatic heterocycles. The number of rotatable bonds is 9. The van der Waals surface area contributed by atoms with Crippen molar-refractivity contribution in [1.29, 1.82) is 0 Å². The summed E-state index contributed by atoms with van der Waals surface area (Å²) < 4.78 is 0. The molecule has 2 aromatic heterocycles. The molecular weight excluding hydrogens is 260 g/mol. The topological polar surface area (TPSA) is 67.6 Å². The number of H-pyrrole nitrogens is 1. The monoisotopic (exact) mass is 286 g/mol. The summed E-state index contributed by atoms with van der Waals surface area (Å²) in [4.78, 5) is 4.16. The van der Waals surface area contributed by atoms with Crippen molar-refractivity contribution in [3.63, 3.8) is 0 Å². The normalized spacial score (nSPS) is 10.9. The van der Waals surface area contributed by atoms with Crippen LogP contribution < -0.4 is 5.73 Å². The van der Waals surface area contributed by atoms with Crippen LogP contribution in [-0.4, -0.2) is 15.2 Å². The molecule has 0 bridgehead atoms. The number of hydrogen-bond donors (Lipinski definition) is 2. The quantitative estimate of drug-likeness (QED) is 0.673. The lowest BCUT2D eigenvalue weighted by Gasteiger charge is -2.04. The Labute approximate surface area is 127 Å². The van der Waals surface area contributed by atoms with Gasteiger partial charge in [0, 0.05) is 29.2 Å². The van der Waals surface area contributed by atoms with Gasteiger partial charge in [0.05, 0.1) is 0 Å². The van der Waals surface area contributed by atoms with Gasteiger partial charge in [-0.15, -0.1) is 0 Å². The Hall–Kier alpha value is -1.84. The van der Waals surface area contributed by atoms with Crippen LogP contribution in [0.3, 0.4) is 0 Å². The lowest BCUT2D eigenvalue weighted by atomic mass is 10.0. The van der Waals surface area contributed by atoms with Crippen molar-refractivity contribution < 1.29 is 0 Å². The standard InChI is InChI=1S/C17H26N4/c1-2-3-4-5-6-7-8-11-15-16(17(18)21-20-15)14-10-9-12-19-13-14/h9-10,12-13H,2-8,11H2,1H3,(H3,18,20,21). The van der Waals surface area contributed by atoms with Crippen molar-refractivity contribution in [2.45, 2.75) is 58.3 Å². The molecule has 4 nitrogen and oxygen atoms in total. The smallest absolute Gasteiger partial charge is 0.153 e. The van der Waals surface area contributed by atoms with Gasteiger partial charge >= 0.3 is 0 Å². The van der Waals surface area contributed by atoms with E-state index in [0.717, 1.165) is 23.2 Å². The highest BCUT2D eigenvalue weighted by atomic mass is 15.2. The molecule has 0 saturated heterocycles. The van der Waals surface area contributed by atoms with Crippen LogP contribution in [0.2, 0.25) is 0 Å². The average molecular weight is 286 g/mol. The molecule has 2 rings (SSSR count). The summed E-state index contributed by atoms with van der Waals surface area (Å²) in [5.74, 6) is 0.570. The molecule has 0 spiro atoms.